The van der Waals surface area contributed by atoms with Crippen molar-refractivity contribution in [2.45, 2.75) is 57.6 Å². The lowest BCUT2D eigenvalue weighted by Gasteiger charge is -2.43. The van der Waals surface area contributed by atoms with Crippen LogP contribution in [0.5, 0.6) is 5.75 Å². The van der Waals surface area contributed by atoms with E-state index in [0.29, 0.717) is 22.9 Å². The standard InChI is InChI=1S/C44H49FN4O4/c1-44(2,3)53-43(51)49-20-18-36(19-21-49)48-24-22-47(23-25-48)35-15-12-30(13-16-35)31-9-7-10-33(26-31)41(50)29-37(38-28-34(45)14-17-42(38)52-4)40-27-32-8-5-6-11-39(32)46-40/h5-17,26-28,36-37,46H,18-25,29H2,1-4H3/t37-/m1/s1. The van der Waals surface area contributed by atoms with Crippen LogP contribution in [0.3, 0.4) is 0 Å². The molecular weight excluding hydrogens is 668 g/mol. The third-order valence-electron chi connectivity index (χ3n) is 10.6. The van der Waals surface area contributed by atoms with Gasteiger partial charge in [0.25, 0.3) is 0 Å². The Balaban J connectivity index is 0.997. The van der Waals surface area contributed by atoms with Gasteiger partial charge >= 0.3 is 6.09 Å². The quantitative estimate of drug-likeness (QED) is 0.154. The topological polar surface area (TPSA) is 78.1 Å². The zero-order valence-corrected chi connectivity index (χ0v) is 31.1. The van der Waals surface area contributed by atoms with Crippen LogP contribution in [0, 0.1) is 5.82 Å². The van der Waals surface area contributed by atoms with E-state index < -0.39 is 11.5 Å². The van der Waals surface area contributed by atoms with Gasteiger partial charge < -0.3 is 24.3 Å². The predicted molar refractivity (Wildman–Crippen MR) is 209 cm³/mol. The van der Waals surface area contributed by atoms with Crippen molar-refractivity contribution in [2.24, 2.45) is 0 Å². The van der Waals surface area contributed by atoms with Gasteiger partial charge in [-0.1, -0.05) is 48.5 Å². The number of ketones is 1. The van der Waals surface area contributed by atoms with Crippen LogP contribution in [-0.4, -0.2) is 84.7 Å². The van der Waals surface area contributed by atoms with Gasteiger partial charge in [-0.3, -0.25) is 9.69 Å². The van der Waals surface area contributed by atoms with Gasteiger partial charge in [0.2, 0.25) is 0 Å². The van der Waals surface area contributed by atoms with Crippen molar-refractivity contribution >= 4 is 28.5 Å². The summed E-state index contributed by atoms with van der Waals surface area (Å²) >= 11 is 0. The minimum absolute atomic E-state index is 0.0353. The summed E-state index contributed by atoms with van der Waals surface area (Å²) in [6.07, 6.45) is 1.87. The second kappa shape index (κ2) is 15.4. The second-order valence-electron chi connectivity index (χ2n) is 15.2. The SMILES string of the molecule is COc1ccc(F)cc1[C@@H](CC(=O)c1cccc(-c2ccc(N3CCN(C4CCN(C(=O)OC(C)(C)C)CC4)CC3)cc2)c1)c1cc2ccccc2[nH]1. The number of methoxy groups -OCH3 is 1. The summed E-state index contributed by atoms with van der Waals surface area (Å²) in [5, 5.41) is 1.03. The van der Waals surface area contributed by atoms with Crippen molar-refractivity contribution in [3.05, 3.63) is 120 Å². The summed E-state index contributed by atoms with van der Waals surface area (Å²) in [6.45, 7) is 11.1. The first-order chi connectivity index (χ1) is 25.5. The van der Waals surface area contributed by atoms with Crippen LogP contribution in [0.25, 0.3) is 22.0 Å². The number of hydrogen-bond acceptors (Lipinski definition) is 6. The number of hydrogen-bond donors (Lipinski definition) is 1. The number of para-hydroxylation sites is 1. The highest BCUT2D eigenvalue weighted by molar-refractivity contribution is 5.98. The molecule has 7 rings (SSSR count). The molecule has 0 bridgehead atoms. The largest absolute Gasteiger partial charge is 0.496 e. The van der Waals surface area contributed by atoms with Crippen LogP contribution in [0.2, 0.25) is 0 Å². The van der Waals surface area contributed by atoms with E-state index in [2.05, 4.69) is 39.0 Å². The Morgan fingerprint density at radius 2 is 1.57 bits per heavy atom. The van der Waals surface area contributed by atoms with Crippen molar-refractivity contribution in [1.82, 2.24) is 14.8 Å². The van der Waals surface area contributed by atoms with E-state index in [0.717, 1.165) is 79.8 Å². The molecule has 276 valence electrons. The van der Waals surface area contributed by atoms with E-state index >= 15 is 0 Å². The molecule has 2 fully saturated rings. The first-order valence-electron chi connectivity index (χ1n) is 18.7. The van der Waals surface area contributed by atoms with E-state index in [9.17, 15) is 14.0 Å². The number of carbonyl (C=O) groups is 2. The summed E-state index contributed by atoms with van der Waals surface area (Å²) in [4.78, 5) is 36.8. The average Bonchev–Trinajstić information content (AvgIpc) is 3.61. The third kappa shape index (κ3) is 8.41. The number of Topliss-reactive ketones (excluding diaryl/α,β-unsaturated/α-hetero) is 1. The number of amides is 1. The Kier molecular flexibility index (Phi) is 10.6. The molecule has 2 aliphatic heterocycles. The van der Waals surface area contributed by atoms with Gasteiger partial charge in [0.05, 0.1) is 7.11 Å². The first-order valence-corrected chi connectivity index (χ1v) is 18.7. The lowest BCUT2D eigenvalue weighted by molar-refractivity contribution is 0.0140. The normalized spacial score (nSPS) is 16.5. The molecule has 9 heteroatoms. The molecule has 1 atom stereocenters. The highest BCUT2D eigenvalue weighted by Crippen LogP contribution is 2.37. The molecule has 1 N–H and O–H groups in total. The Morgan fingerprint density at radius 3 is 2.26 bits per heavy atom. The summed E-state index contributed by atoms with van der Waals surface area (Å²) < 4.78 is 25.8. The number of aromatic amines is 1. The molecule has 1 amide bonds. The Hall–Kier alpha value is -5.15. The molecule has 3 heterocycles. The molecule has 0 unspecified atom stereocenters. The maximum Gasteiger partial charge on any atom is 0.410 e. The van der Waals surface area contributed by atoms with E-state index in [4.69, 9.17) is 9.47 Å². The number of aromatic nitrogens is 1. The number of benzene rings is 4. The number of nitrogens with one attached hydrogen (secondary N) is 1. The molecule has 8 nitrogen and oxygen atoms in total. The van der Waals surface area contributed by atoms with Crippen LogP contribution in [0.4, 0.5) is 14.9 Å². The number of carbonyl (C=O) groups excluding carboxylic acids is 2. The van der Waals surface area contributed by atoms with Crippen molar-refractivity contribution in [2.75, 3.05) is 51.3 Å². The van der Waals surface area contributed by atoms with Gasteiger partial charge in [0.1, 0.15) is 17.2 Å². The number of halogens is 1. The van der Waals surface area contributed by atoms with E-state index in [1.807, 2.05) is 80.3 Å². The molecule has 5 aromatic rings. The van der Waals surface area contributed by atoms with Gasteiger partial charge in [-0.25, -0.2) is 9.18 Å². The van der Waals surface area contributed by atoms with E-state index in [1.54, 1.807) is 13.2 Å². The number of anilines is 1. The van der Waals surface area contributed by atoms with Gasteiger partial charge in [-0.05, 0) is 98.7 Å². The summed E-state index contributed by atoms with van der Waals surface area (Å²) in [5.74, 6) is -0.307. The van der Waals surface area contributed by atoms with Crippen molar-refractivity contribution in [3.8, 4) is 16.9 Å². The molecular formula is C44H49FN4O4. The number of fused-ring (bicyclic) bond motifs is 1. The van der Waals surface area contributed by atoms with Crippen LogP contribution in [0.15, 0.2) is 97.1 Å². The smallest absolute Gasteiger partial charge is 0.410 e. The summed E-state index contributed by atoms with van der Waals surface area (Å²) in [6, 6.07) is 31.3. The Labute approximate surface area is 311 Å². The predicted octanol–water partition coefficient (Wildman–Crippen LogP) is 8.91. The molecule has 2 aliphatic rings. The highest BCUT2D eigenvalue weighted by atomic mass is 19.1. The molecule has 0 saturated carbocycles. The van der Waals surface area contributed by atoms with E-state index in [1.165, 1.54) is 17.8 Å². The number of rotatable bonds is 9. The van der Waals surface area contributed by atoms with Crippen LogP contribution >= 0.6 is 0 Å². The van der Waals surface area contributed by atoms with Crippen molar-refractivity contribution in [3.63, 3.8) is 0 Å². The zero-order valence-electron chi connectivity index (χ0n) is 31.1. The molecule has 0 spiro atoms. The first kappa shape index (κ1) is 36.2. The van der Waals surface area contributed by atoms with E-state index in [-0.39, 0.29) is 24.1 Å². The molecule has 53 heavy (non-hydrogen) atoms. The van der Waals surface area contributed by atoms with Gasteiger partial charge in [0, 0.05) is 85.7 Å². The van der Waals surface area contributed by atoms with Gasteiger partial charge in [0.15, 0.2) is 5.78 Å². The number of H-pyrrole nitrogens is 1. The lowest BCUT2D eigenvalue weighted by Crippen LogP contribution is -2.54. The average molecular weight is 717 g/mol. The fourth-order valence-electron chi connectivity index (χ4n) is 7.77. The van der Waals surface area contributed by atoms with Gasteiger partial charge in [-0.15, -0.1) is 0 Å². The summed E-state index contributed by atoms with van der Waals surface area (Å²) in [7, 11) is 1.57. The second-order valence-corrected chi connectivity index (χ2v) is 15.2. The minimum Gasteiger partial charge on any atom is -0.496 e. The van der Waals surface area contributed by atoms with Crippen LogP contribution < -0.4 is 9.64 Å². The zero-order chi connectivity index (χ0) is 37.1. The maximum absolute atomic E-state index is 14.6. The Bertz CT molecular complexity index is 2020. The van der Waals surface area contributed by atoms with Crippen molar-refractivity contribution < 1.29 is 23.5 Å². The highest BCUT2D eigenvalue weighted by Gasteiger charge is 2.31. The van der Waals surface area contributed by atoms with Gasteiger partial charge in [-0.2, -0.15) is 0 Å². The maximum atomic E-state index is 14.6. The number of nitrogens with zero attached hydrogens (tertiary/aromatic N) is 3. The monoisotopic (exact) mass is 716 g/mol. The van der Waals surface area contributed by atoms with Crippen molar-refractivity contribution in [1.29, 1.82) is 0 Å². The number of piperidine rings is 1. The number of piperazine rings is 1. The molecule has 0 aliphatic carbocycles. The number of likely N-dealkylation sites (tertiary alicyclic amines) is 1. The summed E-state index contributed by atoms with van der Waals surface area (Å²) in [5.41, 5.74) is 5.75. The fraction of sp³-hybridized carbons (Fsp3) is 0.364. The van der Waals surface area contributed by atoms with Crippen LogP contribution in [-0.2, 0) is 4.74 Å². The molecule has 0 radical (unpaired) electrons. The third-order valence-corrected chi connectivity index (χ3v) is 10.6. The lowest BCUT2D eigenvalue weighted by atomic mass is 9.87. The molecule has 4 aromatic carbocycles. The fourth-order valence-corrected chi connectivity index (χ4v) is 7.77. The molecule has 2 saturated heterocycles. The molecule has 1 aromatic heterocycles. The minimum atomic E-state index is -0.475. The van der Waals surface area contributed by atoms with Crippen LogP contribution in [0.1, 0.15) is 67.6 Å². The number of ether oxygens (including phenoxy) is 2. The Morgan fingerprint density at radius 1 is 0.830 bits per heavy atom.